The van der Waals surface area contributed by atoms with Crippen LogP contribution in [0.1, 0.15) is 0 Å². The topological polar surface area (TPSA) is 61.4 Å². The monoisotopic (exact) mass is 433 g/mol. The first kappa shape index (κ1) is 20.8. The second-order valence-corrected chi connectivity index (χ2v) is 7.21. The Hall–Kier alpha value is -1.50. The van der Waals surface area contributed by atoms with Crippen molar-refractivity contribution in [1.29, 1.82) is 0 Å². The molecular weight excluding hydrogens is 420 g/mol. The minimum Gasteiger partial charge on any atom is -0.325 e. The van der Waals surface area contributed by atoms with E-state index in [0.29, 0.717) is 15.7 Å². The first-order valence-corrected chi connectivity index (χ1v) is 8.94. The Morgan fingerprint density at radius 2 is 1.46 bits per heavy atom. The second kappa shape index (κ2) is 9.44. The van der Waals surface area contributed by atoms with Gasteiger partial charge in [-0.1, -0.05) is 52.5 Å². The van der Waals surface area contributed by atoms with Gasteiger partial charge >= 0.3 is 0 Å². The van der Waals surface area contributed by atoms with Gasteiger partial charge in [0.25, 0.3) is 0 Å². The van der Waals surface area contributed by atoms with Crippen molar-refractivity contribution in [2.75, 3.05) is 30.8 Å². The highest BCUT2D eigenvalue weighted by atomic mass is 35.5. The number of benzene rings is 2. The number of carbonyl (C=O) groups excluding carboxylic acids is 2. The minimum atomic E-state index is -0.367. The highest BCUT2D eigenvalue weighted by Gasteiger charge is 2.14. The van der Waals surface area contributed by atoms with E-state index in [0.717, 1.165) is 0 Å². The molecule has 0 aliphatic rings. The third-order valence-corrected chi connectivity index (χ3v) is 4.26. The summed E-state index contributed by atoms with van der Waals surface area (Å²) in [7, 11) is 1.64. The summed E-state index contributed by atoms with van der Waals surface area (Å²) in [5, 5.41) is 6.68. The quantitative estimate of drug-likeness (QED) is 0.685. The molecule has 138 valence electrons. The molecule has 2 aromatic carbocycles. The van der Waals surface area contributed by atoms with Crippen LogP contribution in [0.15, 0.2) is 36.4 Å². The molecule has 0 bridgehead atoms. The fraction of sp³-hybridized carbons (Fsp3) is 0.176. The largest absolute Gasteiger partial charge is 0.325 e. The van der Waals surface area contributed by atoms with Gasteiger partial charge in [-0.15, -0.1) is 0 Å². The third kappa shape index (κ3) is 6.34. The number of likely N-dealkylation sites (N-methyl/N-ethyl adjacent to an activating group) is 1. The maximum Gasteiger partial charge on any atom is 0.238 e. The van der Waals surface area contributed by atoms with Crippen molar-refractivity contribution < 1.29 is 9.59 Å². The van der Waals surface area contributed by atoms with E-state index >= 15 is 0 Å². The van der Waals surface area contributed by atoms with Gasteiger partial charge in [0.2, 0.25) is 11.8 Å². The number of rotatable bonds is 6. The number of nitrogens with one attached hydrogen (secondary N) is 2. The minimum absolute atomic E-state index is 0.0159. The molecular formula is C17H15Cl4N3O2. The Balaban J connectivity index is 1.88. The average Bonchev–Trinajstić information content (AvgIpc) is 2.50. The summed E-state index contributed by atoms with van der Waals surface area (Å²) >= 11 is 23.8. The Morgan fingerprint density at radius 3 is 2.04 bits per heavy atom. The maximum absolute atomic E-state index is 12.1. The van der Waals surface area contributed by atoms with Gasteiger partial charge < -0.3 is 10.6 Å². The molecule has 2 rings (SSSR count). The Labute approximate surface area is 171 Å². The lowest BCUT2D eigenvalue weighted by Crippen LogP contribution is -2.36. The maximum atomic E-state index is 12.1. The van der Waals surface area contributed by atoms with Crippen molar-refractivity contribution in [2.45, 2.75) is 0 Å². The summed E-state index contributed by atoms with van der Waals surface area (Å²) in [4.78, 5) is 25.7. The van der Waals surface area contributed by atoms with Crippen LogP contribution in [0.5, 0.6) is 0 Å². The summed E-state index contributed by atoms with van der Waals surface area (Å²) in [6, 6.07) is 9.76. The lowest BCUT2D eigenvalue weighted by atomic mass is 10.3. The van der Waals surface area contributed by atoms with Gasteiger partial charge in [-0.2, -0.15) is 0 Å². The van der Waals surface area contributed by atoms with Crippen LogP contribution in [0.25, 0.3) is 0 Å². The first-order chi connectivity index (χ1) is 12.2. The lowest BCUT2D eigenvalue weighted by molar-refractivity contribution is -0.119. The SMILES string of the molecule is CN(CC(=O)Nc1cccc(Cl)c1)CC(=O)Nc1c(Cl)cc(Cl)cc1Cl. The molecule has 5 nitrogen and oxygen atoms in total. The predicted octanol–water partition coefficient (Wildman–Crippen LogP) is 4.81. The third-order valence-electron chi connectivity index (χ3n) is 3.21. The number of hydrogen-bond donors (Lipinski definition) is 2. The van der Waals surface area contributed by atoms with E-state index in [1.165, 1.54) is 12.1 Å². The van der Waals surface area contributed by atoms with Crippen molar-refractivity contribution in [3.05, 3.63) is 56.5 Å². The molecule has 0 heterocycles. The molecule has 0 atom stereocenters. The average molecular weight is 435 g/mol. The molecule has 0 unspecified atom stereocenters. The van der Waals surface area contributed by atoms with E-state index < -0.39 is 0 Å². The zero-order valence-corrected chi connectivity index (χ0v) is 16.7. The summed E-state index contributed by atoms with van der Waals surface area (Å²) in [5.74, 6) is -0.640. The molecule has 0 radical (unpaired) electrons. The molecule has 0 aromatic heterocycles. The van der Waals surface area contributed by atoms with E-state index in [1.807, 2.05) is 0 Å². The van der Waals surface area contributed by atoms with Crippen LogP contribution < -0.4 is 10.6 Å². The van der Waals surface area contributed by atoms with E-state index in [2.05, 4.69) is 10.6 Å². The summed E-state index contributed by atoms with van der Waals surface area (Å²) in [6.07, 6.45) is 0. The molecule has 9 heteroatoms. The van der Waals surface area contributed by atoms with Crippen molar-refractivity contribution in [2.24, 2.45) is 0 Å². The van der Waals surface area contributed by atoms with Crippen LogP contribution in [0, 0.1) is 0 Å². The smallest absolute Gasteiger partial charge is 0.238 e. The van der Waals surface area contributed by atoms with E-state index in [-0.39, 0.29) is 40.6 Å². The van der Waals surface area contributed by atoms with Crippen LogP contribution in [0.2, 0.25) is 20.1 Å². The van der Waals surface area contributed by atoms with Crippen molar-refractivity contribution in [3.63, 3.8) is 0 Å². The second-order valence-electron chi connectivity index (χ2n) is 5.52. The Kier molecular flexibility index (Phi) is 7.55. The lowest BCUT2D eigenvalue weighted by Gasteiger charge is -2.17. The van der Waals surface area contributed by atoms with Crippen LogP contribution in [-0.2, 0) is 9.59 Å². The first-order valence-electron chi connectivity index (χ1n) is 7.43. The van der Waals surface area contributed by atoms with Gasteiger partial charge in [-0.05, 0) is 37.4 Å². The van der Waals surface area contributed by atoms with Crippen molar-refractivity contribution >= 4 is 69.6 Å². The van der Waals surface area contributed by atoms with E-state index in [4.69, 9.17) is 46.4 Å². The zero-order valence-electron chi connectivity index (χ0n) is 13.7. The molecule has 0 saturated carbocycles. The van der Waals surface area contributed by atoms with Gasteiger partial charge in [-0.25, -0.2) is 0 Å². The highest BCUT2D eigenvalue weighted by Crippen LogP contribution is 2.33. The summed E-state index contributed by atoms with van der Waals surface area (Å²) in [6.45, 7) is -0.0136. The Bertz CT molecular complexity index is 806. The molecule has 2 aromatic rings. The summed E-state index contributed by atoms with van der Waals surface area (Å²) < 4.78 is 0. The van der Waals surface area contributed by atoms with Crippen molar-refractivity contribution in [1.82, 2.24) is 4.90 Å². The fourth-order valence-corrected chi connectivity index (χ4v) is 3.26. The molecule has 0 saturated heterocycles. The van der Waals surface area contributed by atoms with Crippen LogP contribution in [0.4, 0.5) is 11.4 Å². The van der Waals surface area contributed by atoms with Gasteiger partial charge in [0.05, 0.1) is 28.8 Å². The molecule has 0 fully saturated rings. The molecule has 0 spiro atoms. The molecule has 0 aliphatic heterocycles. The molecule has 2 amide bonds. The van der Waals surface area contributed by atoms with Gasteiger partial charge in [-0.3, -0.25) is 14.5 Å². The fourth-order valence-electron chi connectivity index (χ4n) is 2.15. The number of amides is 2. The van der Waals surface area contributed by atoms with Crippen LogP contribution in [0.3, 0.4) is 0 Å². The molecule has 26 heavy (non-hydrogen) atoms. The number of anilines is 2. The van der Waals surface area contributed by atoms with E-state index in [9.17, 15) is 9.59 Å². The van der Waals surface area contributed by atoms with Crippen LogP contribution in [-0.4, -0.2) is 36.9 Å². The van der Waals surface area contributed by atoms with Crippen LogP contribution >= 0.6 is 46.4 Å². The predicted molar refractivity (Wildman–Crippen MR) is 108 cm³/mol. The van der Waals surface area contributed by atoms with E-state index in [1.54, 1.807) is 36.2 Å². The van der Waals surface area contributed by atoms with Gasteiger partial charge in [0, 0.05) is 15.7 Å². The molecule has 0 aliphatic carbocycles. The summed E-state index contributed by atoms with van der Waals surface area (Å²) in [5.41, 5.74) is 0.861. The normalized spacial score (nSPS) is 10.7. The number of nitrogens with zero attached hydrogens (tertiary/aromatic N) is 1. The standard InChI is InChI=1S/C17H15Cl4N3O2/c1-24(8-15(25)22-12-4-2-3-10(18)5-12)9-16(26)23-17-13(20)6-11(19)7-14(17)21/h2-7H,8-9H2,1H3,(H,22,25)(H,23,26). The zero-order chi connectivity index (χ0) is 19.3. The Morgan fingerprint density at radius 1 is 0.885 bits per heavy atom. The van der Waals surface area contributed by atoms with Crippen molar-refractivity contribution in [3.8, 4) is 0 Å². The van der Waals surface area contributed by atoms with Gasteiger partial charge in [0.15, 0.2) is 0 Å². The molecule has 2 N–H and O–H groups in total. The number of carbonyl (C=O) groups is 2. The highest BCUT2D eigenvalue weighted by molar-refractivity contribution is 6.42. The van der Waals surface area contributed by atoms with Gasteiger partial charge in [0.1, 0.15) is 0 Å². The number of hydrogen-bond acceptors (Lipinski definition) is 3. The number of halogens is 4.